The number of nitrogens with zero attached hydrogens (tertiary/aromatic N) is 1. The average molecular weight is 262 g/mol. The first-order chi connectivity index (χ1) is 7.95. The number of benzene rings is 1. The van der Waals surface area contributed by atoms with Crippen LogP contribution in [0.4, 0.5) is 10.1 Å². The first-order valence-electron chi connectivity index (χ1n) is 5.10. The van der Waals surface area contributed by atoms with Crippen LogP contribution in [0.3, 0.4) is 0 Å². The molecule has 0 radical (unpaired) electrons. The van der Waals surface area contributed by atoms with Gasteiger partial charge in [0.05, 0.1) is 12.3 Å². The van der Waals surface area contributed by atoms with E-state index in [0.717, 1.165) is 10.4 Å². The summed E-state index contributed by atoms with van der Waals surface area (Å²) >= 11 is 0. The molecule has 7 heteroatoms. The molecule has 0 aliphatic carbocycles. The quantitative estimate of drug-likeness (QED) is 0.753. The molecule has 5 nitrogen and oxygen atoms in total. The van der Waals surface area contributed by atoms with Gasteiger partial charge in [-0.15, -0.1) is 0 Å². The molecule has 3 N–H and O–H groups in total. The molecule has 0 saturated carbocycles. The zero-order valence-corrected chi connectivity index (χ0v) is 10.2. The summed E-state index contributed by atoms with van der Waals surface area (Å²) in [5.41, 5.74) is 5.35. The lowest BCUT2D eigenvalue weighted by Gasteiger charge is -2.20. The number of halogens is 1. The standard InChI is InChI=1S/C10H15FN2O3S/c1-2-13(6-7-14)17(15,16)10-8(11)4-3-5-9(10)12/h3-5,14H,2,6-7,12H2,1H3. The summed E-state index contributed by atoms with van der Waals surface area (Å²) in [4.78, 5) is -0.532. The second-order valence-corrected chi connectivity index (χ2v) is 5.25. The fourth-order valence-corrected chi connectivity index (χ4v) is 3.09. The molecule has 0 aliphatic heterocycles. The van der Waals surface area contributed by atoms with Crippen molar-refractivity contribution in [2.45, 2.75) is 11.8 Å². The maximum Gasteiger partial charge on any atom is 0.248 e. The second kappa shape index (κ2) is 5.44. The summed E-state index contributed by atoms with van der Waals surface area (Å²) in [5, 5.41) is 8.79. The van der Waals surface area contributed by atoms with Gasteiger partial charge in [0.15, 0.2) is 0 Å². The summed E-state index contributed by atoms with van der Waals surface area (Å²) in [6.07, 6.45) is 0. The van der Waals surface area contributed by atoms with Crippen LogP contribution in [-0.4, -0.2) is 37.5 Å². The van der Waals surface area contributed by atoms with Crippen LogP contribution in [-0.2, 0) is 10.0 Å². The third kappa shape index (κ3) is 2.74. The Hall–Kier alpha value is -1.18. The number of nitrogens with two attached hydrogens (primary N) is 1. The molecule has 17 heavy (non-hydrogen) atoms. The van der Waals surface area contributed by atoms with Crippen molar-refractivity contribution in [2.75, 3.05) is 25.4 Å². The van der Waals surface area contributed by atoms with E-state index in [-0.39, 0.29) is 25.4 Å². The molecule has 0 aliphatic rings. The van der Waals surface area contributed by atoms with Crippen molar-refractivity contribution >= 4 is 15.7 Å². The number of hydrogen-bond acceptors (Lipinski definition) is 4. The second-order valence-electron chi connectivity index (χ2n) is 3.38. The van der Waals surface area contributed by atoms with E-state index in [9.17, 15) is 12.8 Å². The molecule has 0 bridgehead atoms. The third-order valence-electron chi connectivity index (χ3n) is 2.30. The Kier molecular flexibility index (Phi) is 4.44. The maximum atomic E-state index is 13.5. The highest BCUT2D eigenvalue weighted by atomic mass is 32.2. The Balaban J connectivity index is 3.30. The van der Waals surface area contributed by atoms with Gasteiger partial charge in [-0.3, -0.25) is 0 Å². The van der Waals surface area contributed by atoms with Crippen molar-refractivity contribution in [3.05, 3.63) is 24.0 Å². The Morgan fingerprint density at radius 1 is 1.47 bits per heavy atom. The van der Waals surface area contributed by atoms with E-state index >= 15 is 0 Å². The molecule has 0 amide bonds. The average Bonchev–Trinajstić information content (AvgIpc) is 2.24. The van der Waals surface area contributed by atoms with Gasteiger partial charge in [0, 0.05) is 13.1 Å². The molecule has 0 atom stereocenters. The highest BCUT2D eigenvalue weighted by molar-refractivity contribution is 7.89. The zero-order valence-electron chi connectivity index (χ0n) is 9.43. The lowest BCUT2D eigenvalue weighted by molar-refractivity contribution is 0.256. The van der Waals surface area contributed by atoms with Crippen LogP contribution in [0.25, 0.3) is 0 Å². The van der Waals surface area contributed by atoms with Gasteiger partial charge in [-0.1, -0.05) is 13.0 Å². The number of hydrogen-bond donors (Lipinski definition) is 2. The predicted molar refractivity (Wildman–Crippen MR) is 62.3 cm³/mol. The minimum absolute atomic E-state index is 0.0907. The molecule has 1 aromatic carbocycles. The minimum Gasteiger partial charge on any atom is -0.398 e. The monoisotopic (exact) mass is 262 g/mol. The molecule has 0 fully saturated rings. The maximum absolute atomic E-state index is 13.5. The van der Waals surface area contributed by atoms with Crippen LogP contribution in [0, 0.1) is 5.82 Å². The van der Waals surface area contributed by atoms with E-state index in [4.69, 9.17) is 10.8 Å². The van der Waals surface area contributed by atoms with Crippen LogP contribution in [0.15, 0.2) is 23.1 Å². The van der Waals surface area contributed by atoms with Gasteiger partial charge in [0.25, 0.3) is 0 Å². The number of likely N-dealkylation sites (N-methyl/N-ethyl adjacent to an activating group) is 1. The highest BCUT2D eigenvalue weighted by Crippen LogP contribution is 2.24. The van der Waals surface area contributed by atoms with Gasteiger partial charge in [-0.25, -0.2) is 12.8 Å². The van der Waals surface area contributed by atoms with E-state index in [1.54, 1.807) is 6.92 Å². The molecule has 0 heterocycles. The lowest BCUT2D eigenvalue weighted by atomic mass is 10.3. The molecule has 0 unspecified atom stereocenters. The first-order valence-corrected chi connectivity index (χ1v) is 6.54. The predicted octanol–water partition coefficient (Wildman–Crippen LogP) is 0.411. The summed E-state index contributed by atoms with van der Waals surface area (Å²) in [6.45, 7) is 1.31. The Bertz CT molecular complexity index is 470. The minimum atomic E-state index is -4.00. The third-order valence-corrected chi connectivity index (χ3v) is 4.36. The van der Waals surface area contributed by atoms with Crippen LogP contribution in [0.1, 0.15) is 6.92 Å². The van der Waals surface area contributed by atoms with Gasteiger partial charge in [-0.2, -0.15) is 4.31 Å². The van der Waals surface area contributed by atoms with Gasteiger partial charge in [0.2, 0.25) is 10.0 Å². The van der Waals surface area contributed by atoms with Crippen molar-refractivity contribution in [2.24, 2.45) is 0 Å². The van der Waals surface area contributed by atoms with E-state index in [2.05, 4.69) is 0 Å². The van der Waals surface area contributed by atoms with Crippen LogP contribution in [0.2, 0.25) is 0 Å². The Morgan fingerprint density at radius 2 is 2.12 bits per heavy atom. The molecule has 1 rings (SSSR count). The highest BCUT2D eigenvalue weighted by Gasteiger charge is 2.28. The molecule has 96 valence electrons. The SMILES string of the molecule is CCN(CCO)S(=O)(=O)c1c(N)cccc1F. The summed E-state index contributed by atoms with van der Waals surface area (Å²) in [6, 6.07) is 3.70. The van der Waals surface area contributed by atoms with Crippen molar-refractivity contribution in [1.82, 2.24) is 4.31 Å². The van der Waals surface area contributed by atoms with Gasteiger partial charge < -0.3 is 10.8 Å². The number of aliphatic hydroxyl groups excluding tert-OH is 1. The molecular weight excluding hydrogens is 247 g/mol. The van der Waals surface area contributed by atoms with E-state index < -0.39 is 20.7 Å². The topological polar surface area (TPSA) is 83.6 Å². The van der Waals surface area contributed by atoms with Gasteiger partial charge >= 0.3 is 0 Å². The molecule has 0 aromatic heterocycles. The van der Waals surface area contributed by atoms with E-state index in [0.29, 0.717) is 0 Å². The van der Waals surface area contributed by atoms with Gasteiger partial charge in [-0.05, 0) is 12.1 Å². The summed E-state index contributed by atoms with van der Waals surface area (Å²) in [5.74, 6) is -0.888. The Labute approximate surface area is 99.7 Å². The first kappa shape index (κ1) is 13.9. The molecule has 0 saturated heterocycles. The van der Waals surface area contributed by atoms with Crippen molar-refractivity contribution in [1.29, 1.82) is 0 Å². The summed E-state index contributed by atoms with van der Waals surface area (Å²) < 4.78 is 38.7. The molecule has 0 spiro atoms. The number of rotatable bonds is 5. The molecule has 1 aromatic rings. The van der Waals surface area contributed by atoms with Crippen molar-refractivity contribution in [3.63, 3.8) is 0 Å². The van der Waals surface area contributed by atoms with Crippen LogP contribution in [0.5, 0.6) is 0 Å². The van der Waals surface area contributed by atoms with Crippen LogP contribution >= 0.6 is 0 Å². The van der Waals surface area contributed by atoms with Gasteiger partial charge in [0.1, 0.15) is 10.7 Å². The number of anilines is 1. The normalized spacial score (nSPS) is 12.0. The van der Waals surface area contributed by atoms with E-state index in [1.807, 2.05) is 0 Å². The van der Waals surface area contributed by atoms with Crippen LogP contribution < -0.4 is 5.73 Å². The zero-order chi connectivity index (χ0) is 13.1. The van der Waals surface area contributed by atoms with E-state index in [1.165, 1.54) is 12.1 Å². The fourth-order valence-electron chi connectivity index (χ4n) is 1.49. The summed E-state index contributed by atoms with van der Waals surface area (Å²) in [7, 11) is -4.00. The number of sulfonamides is 1. The van der Waals surface area contributed by atoms with Crippen molar-refractivity contribution in [3.8, 4) is 0 Å². The Morgan fingerprint density at radius 3 is 2.59 bits per heavy atom. The molecular formula is C10H15FN2O3S. The fraction of sp³-hybridized carbons (Fsp3) is 0.400. The van der Waals surface area contributed by atoms with Crippen molar-refractivity contribution < 1.29 is 17.9 Å². The number of aliphatic hydroxyl groups is 1. The lowest BCUT2D eigenvalue weighted by Crippen LogP contribution is -2.34. The smallest absolute Gasteiger partial charge is 0.248 e. The largest absolute Gasteiger partial charge is 0.398 e. The number of nitrogen functional groups attached to an aromatic ring is 1.